The third-order valence-electron chi connectivity index (χ3n) is 4.93. The lowest BCUT2D eigenvalue weighted by Gasteiger charge is -2.41. The summed E-state index contributed by atoms with van der Waals surface area (Å²) in [6.45, 7) is 8.73. The van der Waals surface area contributed by atoms with Crippen molar-refractivity contribution in [2.75, 3.05) is 12.5 Å². The molecule has 1 aromatic heterocycles. The van der Waals surface area contributed by atoms with Gasteiger partial charge in [-0.25, -0.2) is 15.8 Å². The highest BCUT2D eigenvalue weighted by Crippen LogP contribution is 2.46. The van der Waals surface area contributed by atoms with Crippen molar-refractivity contribution in [3.63, 3.8) is 0 Å². The summed E-state index contributed by atoms with van der Waals surface area (Å²) in [5.41, 5.74) is 4.75. The molecule has 21 heavy (non-hydrogen) atoms. The average molecular weight is 292 g/mol. The number of hydrazine groups is 1. The van der Waals surface area contributed by atoms with E-state index in [0.29, 0.717) is 11.2 Å². The highest BCUT2D eigenvalue weighted by Gasteiger charge is 2.42. The number of nitrogens with two attached hydrogens (primary N) is 1. The minimum atomic E-state index is -0.376. The van der Waals surface area contributed by atoms with Gasteiger partial charge in [0.1, 0.15) is 11.4 Å². The van der Waals surface area contributed by atoms with Gasteiger partial charge >= 0.3 is 0 Å². The van der Waals surface area contributed by atoms with Crippen molar-refractivity contribution in [2.24, 2.45) is 11.3 Å². The Labute approximate surface area is 127 Å². The fourth-order valence-corrected chi connectivity index (χ4v) is 3.10. The van der Waals surface area contributed by atoms with Gasteiger partial charge in [0.05, 0.1) is 0 Å². The lowest BCUT2D eigenvalue weighted by molar-refractivity contribution is -0.0729. The van der Waals surface area contributed by atoms with E-state index in [-0.39, 0.29) is 5.60 Å². The van der Waals surface area contributed by atoms with Gasteiger partial charge in [-0.1, -0.05) is 20.8 Å². The van der Waals surface area contributed by atoms with Gasteiger partial charge in [-0.3, -0.25) is 0 Å². The van der Waals surface area contributed by atoms with Gasteiger partial charge in [-0.05, 0) is 44.4 Å². The number of methoxy groups -OCH3 is 1. The number of nitrogens with one attached hydrogen (secondary N) is 1. The zero-order chi connectivity index (χ0) is 15.7. The van der Waals surface area contributed by atoms with E-state index in [9.17, 15) is 0 Å². The molecule has 1 fully saturated rings. The zero-order valence-corrected chi connectivity index (χ0v) is 13.9. The van der Waals surface area contributed by atoms with Gasteiger partial charge in [0.2, 0.25) is 0 Å². The molecule has 0 aliphatic heterocycles. The third-order valence-corrected chi connectivity index (χ3v) is 4.93. The van der Waals surface area contributed by atoms with Gasteiger partial charge in [-0.2, -0.15) is 0 Å². The maximum atomic E-state index is 5.90. The van der Waals surface area contributed by atoms with Crippen molar-refractivity contribution >= 4 is 5.82 Å². The first-order chi connectivity index (χ1) is 9.87. The fourth-order valence-electron chi connectivity index (χ4n) is 3.10. The van der Waals surface area contributed by atoms with Crippen LogP contribution >= 0.6 is 0 Å². The summed E-state index contributed by atoms with van der Waals surface area (Å²) in [5.74, 6) is 7.10. The van der Waals surface area contributed by atoms with E-state index in [4.69, 9.17) is 15.6 Å². The van der Waals surface area contributed by atoms with E-state index in [1.54, 1.807) is 7.11 Å². The van der Waals surface area contributed by atoms with Crippen molar-refractivity contribution in [1.29, 1.82) is 0 Å². The summed E-state index contributed by atoms with van der Waals surface area (Å²) in [6, 6.07) is 0. The van der Waals surface area contributed by atoms with Crippen molar-refractivity contribution in [2.45, 2.75) is 65.4 Å². The van der Waals surface area contributed by atoms with Crippen LogP contribution < -0.4 is 11.3 Å². The molecule has 5 nitrogen and oxygen atoms in total. The van der Waals surface area contributed by atoms with Crippen molar-refractivity contribution in [3.05, 3.63) is 17.1 Å². The standard InChI is InChI=1S/C16H28N4O/c1-6-12-11(2)13(20-17)19-14(18-12)16(21-5)9-7-15(3,4)8-10-16/h6-10,17H2,1-5H3,(H,18,19,20). The first kappa shape index (κ1) is 16.2. The molecule has 1 aromatic rings. The van der Waals surface area contributed by atoms with Crippen molar-refractivity contribution in [3.8, 4) is 0 Å². The maximum absolute atomic E-state index is 5.90. The molecular formula is C16H28N4O. The second-order valence-electron chi connectivity index (χ2n) is 6.83. The highest BCUT2D eigenvalue weighted by atomic mass is 16.5. The Bertz CT molecular complexity index is 478. The minimum Gasteiger partial charge on any atom is -0.370 e. The predicted octanol–water partition coefficient (Wildman–Crippen LogP) is 3.07. The van der Waals surface area contributed by atoms with Gasteiger partial charge in [-0.15, -0.1) is 0 Å². The van der Waals surface area contributed by atoms with Gasteiger partial charge in [0.15, 0.2) is 5.82 Å². The van der Waals surface area contributed by atoms with Gasteiger partial charge < -0.3 is 10.2 Å². The largest absolute Gasteiger partial charge is 0.370 e. The summed E-state index contributed by atoms with van der Waals surface area (Å²) < 4.78 is 5.90. The van der Waals surface area contributed by atoms with Crippen LogP contribution in [0.5, 0.6) is 0 Å². The molecule has 2 rings (SSSR count). The van der Waals surface area contributed by atoms with E-state index in [0.717, 1.165) is 49.2 Å². The summed E-state index contributed by atoms with van der Waals surface area (Å²) in [7, 11) is 1.77. The smallest absolute Gasteiger partial charge is 0.162 e. The molecule has 0 atom stereocenters. The van der Waals surface area contributed by atoms with Gasteiger partial charge in [0, 0.05) is 18.4 Å². The number of ether oxygens (including phenoxy) is 1. The van der Waals surface area contributed by atoms with Crippen LogP contribution in [0.2, 0.25) is 0 Å². The molecule has 0 saturated heterocycles. The number of aryl methyl sites for hydroxylation is 1. The van der Waals surface area contributed by atoms with Crippen LogP contribution in [0, 0.1) is 12.3 Å². The lowest BCUT2D eigenvalue weighted by atomic mass is 9.70. The Morgan fingerprint density at radius 1 is 1.19 bits per heavy atom. The highest BCUT2D eigenvalue weighted by molar-refractivity contribution is 5.45. The molecule has 5 heteroatoms. The molecule has 1 saturated carbocycles. The Morgan fingerprint density at radius 3 is 2.29 bits per heavy atom. The molecule has 0 radical (unpaired) electrons. The molecule has 0 aromatic carbocycles. The quantitative estimate of drug-likeness (QED) is 0.659. The van der Waals surface area contributed by atoms with Gasteiger partial charge in [0.25, 0.3) is 0 Å². The average Bonchev–Trinajstić information content (AvgIpc) is 2.48. The van der Waals surface area contributed by atoms with E-state index in [1.165, 1.54) is 0 Å². The summed E-state index contributed by atoms with van der Waals surface area (Å²) in [4.78, 5) is 9.42. The zero-order valence-electron chi connectivity index (χ0n) is 13.9. The molecule has 1 heterocycles. The van der Waals surface area contributed by atoms with E-state index >= 15 is 0 Å². The molecular weight excluding hydrogens is 264 g/mol. The normalized spacial score (nSPS) is 20.3. The topological polar surface area (TPSA) is 73.1 Å². The molecule has 1 aliphatic rings. The molecule has 0 amide bonds. The maximum Gasteiger partial charge on any atom is 0.162 e. The number of hydrogen-bond acceptors (Lipinski definition) is 5. The second kappa shape index (κ2) is 5.89. The summed E-state index contributed by atoms with van der Waals surface area (Å²) in [6.07, 6.45) is 5.00. The first-order valence-corrected chi connectivity index (χ1v) is 7.77. The third kappa shape index (κ3) is 3.04. The van der Waals surface area contributed by atoms with Crippen molar-refractivity contribution in [1.82, 2.24) is 9.97 Å². The van der Waals surface area contributed by atoms with Crippen LogP contribution in [0.4, 0.5) is 5.82 Å². The van der Waals surface area contributed by atoms with E-state index in [1.807, 2.05) is 6.92 Å². The number of nitrogens with zero attached hydrogens (tertiary/aromatic N) is 2. The van der Waals surface area contributed by atoms with Crippen LogP contribution in [-0.4, -0.2) is 17.1 Å². The summed E-state index contributed by atoms with van der Waals surface area (Å²) >= 11 is 0. The number of hydrogen-bond donors (Lipinski definition) is 2. The molecule has 0 unspecified atom stereocenters. The van der Waals surface area contributed by atoms with Crippen molar-refractivity contribution < 1.29 is 4.74 Å². The predicted molar refractivity (Wildman–Crippen MR) is 84.9 cm³/mol. The second-order valence-corrected chi connectivity index (χ2v) is 6.83. The van der Waals surface area contributed by atoms with Crippen LogP contribution in [0.15, 0.2) is 0 Å². The van der Waals surface area contributed by atoms with E-state index < -0.39 is 0 Å². The van der Waals surface area contributed by atoms with Crippen LogP contribution in [-0.2, 0) is 16.8 Å². The van der Waals surface area contributed by atoms with E-state index in [2.05, 4.69) is 31.2 Å². The van der Waals surface area contributed by atoms with Crippen LogP contribution in [0.25, 0.3) is 0 Å². The monoisotopic (exact) mass is 292 g/mol. The first-order valence-electron chi connectivity index (χ1n) is 7.77. The van der Waals surface area contributed by atoms with Crippen LogP contribution in [0.1, 0.15) is 63.5 Å². The Hall–Kier alpha value is -1.20. The summed E-state index contributed by atoms with van der Waals surface area (Å²) in [5, 5.41) is 0. The molecule has 3 N–H and O–H groups in total. The SMILES string of the molecule is CCc1nc(C2(OC)CCC(C)(C)CC2)nc(NN)c1C. The Balaban J connectivity index is 2.43. The Morgan fingerprint density at radius 2 is 1.81 bits per heavy atom. The van der Waals surface area contributed by atoms with Crippen LogP contribution in [0.3, 0.4) is 0 Å². The number of rotatable bonds is 4. The number of aromatic nitrogens is 2. The minimum absolute atomic E-state index is 0.370. The number of nitrogen functional groups attached to an aromatic ring is 1. The molecule has 0 spiro atoms. The lowest BCUT2D eigenvalue weighted by Crippen LogP contribution is -2.38. The molecule has 1 aliphatic carbocycles. The number of anilines is 1. The molecule has 118 valence electrons. The fraction of sp³-hybridized carbons (Fsp3) is 0.750. The Kier molecular flexibility index (Phi) is 4.54. The molecule has 0 bridgehead atoms.